The van der Waals surface area contributed by atoms with Gasteiger partial charge in [-0.3, -0.25) is 9.59 Å². The molecule has 0 bridgehead atoms. The summed E-state index contributed by atoms with van der Waals surface area (Å²) >= 11 is 1.38. The Labute approximate surface area is 173 Å². The first-order valence-corrected chi connectivity index (χ1v) is 10.00. The average Bonchev–Trinajstić information content (AvgIpc) is 2.70. The molecule has 0 saturated heterocycles. The summed E-state index contributed by atoms with van der Waals surface area (Å²) in [6, 6.07) is 20.3. The standard InChI is InChI=1S/C23H21FN2O2S/c1-15-6-8-17(9-7-15)23(28)26-20-4-3-5-21(14-20)29-16(2)22(27)25-19-12-10-18(24)11-13-19/h3-14,16H,1-2H3,(H,25,27)(H,26,28). The molecule has 2 N–H and O–H groups in total. The van der Waals surface area contributed by atoms with E-state index >= 15 is 0 Å². The van der Waals surface area contributed by atoms with Crippen molar-refractivity contribution >= 4 is 35.0 Å². The van der Waals surface area contributed by atoms with Crippen molar-refractivity contribution in [2.45, 2.75) is 24.0 Å². The summed E-state index contributed by atoms with van der Waals surface area (Å²) in [6.45, 7) is 3.76. The van der Waals surface area contributed by atoms with Crippen LogP contribution >= 0.6 is 11.8 Å². The van der Waals surface area contributed by atoms with Gasteiger partial charge >= 0.3 is 0 Å². The molecule has 0 heterocycles. The first kappa shape index (κ1) is 20.6. The number of anilines is 2. The van der Waals surface area contributed by atoms with Gasteiger partial charge in [-0.25, -0.2) is 4.39 Å². The van der Waals surface area contributed by atoms with E-state index in [1.165, 1.54) is 36.0 Å². The number of hydrogen-bond donors (Lipinski definition) is 2. The summed E-state index contributed by atoms with van der Waals surface area (Å²) in [5, 5.41) is 5.27. The highest BCUT2D eigenvalue weighted by Gasteiger charge is 2.15. The van der Waals surface area contributed by atoms with Crippen molar-refractivity contribution in [1.29, 1.82) is 0 Å². The zero-order valence-corrected chi connectivity index (χ0v) is 16.9. The van der Waals surface area contributed by atoms with Crippen LogP contribution in [-0.4, -0.2) is 17.1 Å². The van der Waals surface area contributed by atoms with Crippen LogP contribution in [0.2, 0.25) is 0 Å². The summed E-state index contributed by atoms with van der Waals surface area (Å²) in [6.07, 6.45) is 0. The Kier molecular flexibility index (Phi) is 6.67. The molecule has 0 saturated carbocycles. The molecule has 6 heteroatoms. The Bertz CT molecular complexity index is 1000. The minimum Gasteiger partial charge on any atom is -0.325 e. The van der Waals surface area contributed by atoms with E-state index in [-0.39, 0.29) is 22.9 Å². The quantitative estimate of drug-likeness (QED) is 0.529. The average molecular weight is 408 g/mol. The monoisotopic (exact) mass is 408 g/mol. The molecule has 1 atom stereocenters. The van der Waals surface area contributed by atoms with E-state index in [1.54, 1.807) is 25.1 Å². The lowest BCUT2D eigenvalue weighted by Gasteiger charge is -2.13. The van der Waals surface area contributed by atoms with Gasteiger partial charge in [-0.05, 0) is 68.4 Å². The van der Waals surface area contributed by atoms with E-state index in [9.17, 15) is 14.0 Å². The third kappa shape index (κ3) is 5.93. The minimum absolute atomic E-state index is 0.185. The van der Waals surface area contributed by atoms with Gasteiger partial charge in [-0.1, -0.05) is 23.8 Å². The van der Waals surface area contributed by atoms with Gasteiger partial charge in [-0.2, -0.15) is 0 Å². The molecule has 3 rings (SSSR count). The summed E-state index contributed by atoms with van der Waals surface area (Å²) in [4.78, 5) is 25.6. The fraction of sp³-hybridized carbons (Fsp3) is 0.130. The molecule has 0 aliphatic heterocycles. The molecule has 2 amide bonds. The molecule has 0 radical (unpaired) electrons. The minimum atomic E-state index is -0.372. The first-order valence-electron chi connectivity index (χ1n) is 9.12. The number of carbonyl (C=O) groups is 2. The fourth-order valence-corrected chi connectivity index (χ4v) is 3.52. The number of benzene rings is 3. The summed E-state index contributed by atoms with van der Waals surface area (Å²) in [5.74, 6) is -0.722. The normalized spacial score (nSPS) is 11.6. The number of carbonyl (C=O) groups excluding carboxylic acids is 2. The molecule has 0 aliphatic carbocycles. The molecule has 29 heavy (non-hydrogen) atoms. The lowest BCUT2D eigenvalue weighted by molar-refractivity contribution is -0.115. The second-order valence-electron chi connectivity index (χ2n) is 6.60. The molecular weight excluding hydrogens is 387 g/mol. The predicted octanol–water partition coefficient (Wildman–Crippen LogP) is 5.51. The Balaban J connectivity index is 1.61. The van der Waals surface area contributed by atoms with Crippen LogP contribution < -0.4 is 10.6 Å². The van der Waals surface area contributed by atoms with Gasteiger partial charge in [0, 0.05) is 21.8 Å². The second-order valence-corrected chi connectivity index (χ2v) is 8.02. The fourth-order valence-electron chi connectivity index (χ4n) is 2.59. The van der Waals surface area contributed by atoms with Gasteiger partial charge in [0.2, 0.25) is 5.91 Å². The Hall–Kier alpha value is -3.12. The van der Waals surface area contributed by atoms with Crippen LogP contribution in [0.15, 0.2) is 77.7 Å². The predicted molar refractivity (Wildman–Crippen MR) is 116 cm³/mol. The second kappa shape index (κ2) is 9.39. The van der Waals surface area contributed by atoms with Crippen molar-refractivity contribution in [3.05, 3.63) is 89.7 Å². The number of hydrogen-bond acceptors (Lipinski definition) is 3. The van der Waals surface area contributed by atoms with Gasteiger partial charge in [0.1, 0.15) is 5.82 Å². The smallest absolute Gasteiger partial charge is 0.255 e. The number of thioether (sulfide) groups is 1. The Morgan fingerprint density at radius 1 is 0.897 bits per heavy atom. The highest BCUT2D eigenvalue weighted by atomic mass is 32.2. The molecule has 3 aromatic rings. The summed E-state index contributed by atoms with van der Waals surface area (Å²) in [5.41, 5.74) is 2.88. The van der Waals surface area contributed by atoms with Crippen LogP contribution in [0.1, 0.15) is 22.8 Å². The highest BCUT2D eigenvalue weighted by Crippen LogP contribution is 2.27. The maximum atomic E-state index is 13.0. The number of rotatable bonds is 6. The van der Waals surface area contributed by atoms with E-state index in [0.29, 0.717) is 16.9 Å². The van der Waals surface area contributed by atoms with Crippen LogP contribution in [0, 0.1) is 12.7 Å². The molecule has 0 aromatic heterocycles. The van der Waals surface area contributed by atoms with E-state index in [0.717, 1.165) is 10.5 Å². The van der Waals surface area contributed by atoms with Crippen molar-refractivity contribution in [3.8, 4) is 0 Å². The molecule has 3 aromatic carbocycles. The number of halogens is 1. The third-order valence-electron chi connectivity index (χ3n) is 4.20. The summed E-state index contributed by atoms with van der Waals surface area (Å²) in [7, 11) is 0. The van der Waals surface area contributed by atoms with Crippen molar-refractivity contribution in [2.24, 2.45) is 0 Å². The third-order valence-corrected chi connectivity index (χ3v) is 5.29. The van der Waals surface area contributed by atoms with Crippen molar-refractivity contribution in [2.75, 3.05) is 10.6 Å². The van der Waals surface area contributed by atoms with Gasteiger partial charge in [0.05, 0.1) is 5.25 Å². The van der Waals surface area contributed by atoms with Crippen LogP contribution in [-0.2, 0) is 4.79 Å². The lowest BCUT2D eigenvalue weighted by atomic mass is 10.1. The van der Waals surface area contributed by atoms with Crippen molar-refractivity contribution in [1.82, 2.24) is 0 Å². The summed E-state index contributed by atoms with van der Waals surface area (Å²) < 4.78 is 13.0. The zero-order chi connectivity index (χ0) is 20.8. The Morgan fingerprint density at radius 2 is 1.59 bits per heavy atom. The molecule has 4 nitrogen and oxygen atoms in total. The van der Waals surface area contributed by atoms with E-state index in [1.807, 2.05) is 37.3 Å². The van der Waals surface area contributed by atoms with E-state index < -0.39 is 0 Å². The molecule has 1 unspecified atom stereocenters. The van der Waals surface area contributed by atoms with Crippen molar-refractivity contribution in [3.63, 3.8) is 0 Å². The van der Waals surface area contributed by atoms with Gasteiger partial charge in [0.15, 0.2) is 0 Å². The van der Waals surface area contributed by atoms with E-state index in [2.05, 4.69) is 10.6 Å². The SMILES string of the molecule is Cc1ccc(C(=O)Nc2cccc(SC(C)C(=O)Nc3ccc(F)cc3)c2)cc1. The van der Waals surface area contributed by atoms with Crippen LogP contribution in [0.4, 0.5) is 15.8 Å². The molecule has 0 fully saturated rings. The number of nitrogens with one attached hydrogen (secondary N) is 2. The van der Waals surface area contributed by atoms with Crippen LogP contribution in [0.5, 0.6) is 0 Å². The van der Waals surface area contributed by atoms with Gasteiger partial charge in [-0.15, -0.1) is 11.8 Å². The first-order chi connectivity index (χ1) is 13.9. The van der Waals surface area contributed by atoms with Crippen LogP contribution in [0.3, 0.4) is 0 Å². The van der Waals surface area contributed by atoms with Crippen LogP contribution in [0.25, 0.3) is 0 Å². The zero-order valence-electron chi connectivity index (χ0n) is 16.1. The maximum absolute atomic E-state index is 13.0. The number of aryl methyl sites for hydroxylation is 1. The molecular formula is C23H21FN2O2S. The molecule has 0 aliphatic rings. The topological polar surface area (TPSA) is 58.2 Å². The highest BCUT2D eigenvalue weighted by molar-refractivity contribution is 8.00. The molecule has 0 spiro atoms. The van der Waals surface area contributed by atoms with Gasteiger partial charge in [0.25, 0.3) is 5.91 Å². The van der Waals surface area contributed by atoms with Crippen molar-refractivity contribution < 1.29 is 14.0 Å². The number of amides is 2. The largest absolute Gasteiger partial charge is 0.325 e. The lowest BCUT2D eigenvalue weighted by Crippen LogP contribution is -2.22. The molecule has 148 valence electrons. The maximum Gasteiger partial charge on any atom is 0.255 e. The van der Waals surface area contributed by atoms with E-state index in [4.69, 9.17) is 0 Å². The Morgan fingerprint density at radius 3 is 2.28 bits per heavy atom. The van der Waals surface area contributed by atoms with Gasteiger partial charge < -0.3 is 10.6 Å².